The summed E-state index contributed by atoms with van der Waals surface area (Å²) in [5, 5.41) is 4.09. The van der Waals surface area contributed by atoms with Crippen LogP contribution >= 0.6 is 0 Å². The van der Waals surface area contributed by atoms with Crippen molar-refractivity contribution < 1.29 is 19.1 Å². The van der Waals surface area contributed by atoms with Crippen molar-refractivity contribution in [3.63, 3.8) is 0 Å². The van der Waals surface area contributed by atoms with Gasteiger partial charge < -0.3 is 15.0 Å². The summed E-state index contributed by atoms with van der Waals surface area (Å²) >= 11 is 0. The van der Waals surface area contributed by atoms with Crippen LogP contribution in [0.4, 0.5) is 0 Å². The molecule has 7 nitrogen and oxygen atoms in total. The van der Waals surface area contributed by atoms with Gasteiger partial charge >= 0.3 is 5.97 Å². The number of rotatable bonds is 5. The van der Waals surface area contributed by atoms with Gasteiger partial charge in [-0.3, -0.25) is 14.5 Å². The zero-order valence-electron chi connectivity index (χ0n) is 16.3. The number of likely N-dealkylation sites (tertiary alicyclic amines) is 1. The van der Waals surface area contributed by atoms with Gasteiger partial charge in [-0.05, 0) is 30.5 Å². The maximum Gasteiger partial charge on any atom is 0.340 e. The van der Waals surface area contributed by atoms with Crippen LogP contribution in [0.5, 0.6) is 0 Å². The van der Waals surface area contributed by atoms with E-state index in [9.17, 15) is 14.4 Å². The van der Waals surface area contributed by atoms with Crippen molar-refractivity contribution in [1.29, 1.82) is 0 Å². The highest BCUT2D eigenvalue weighted by molar-refractivity contribution is 5.96. The summed E-state index contributed by atoms with van der Waals surface area (Å²) in [4.78, 5) is 42.3. The van der Waals surface area contributed by atoms with Gasteiger partial charge in [0, 0.05) is 35.6 Å². The van der Waals surface area contributed by atoms with Crippen molar-refractivity contribution >= 4 is 28.7 Å². The third-order valence-electron chi connectivity index (χ3n) is 5.84. The zero-order chi connectivity index (χ0) is 20.7. The lowest BCUT2D eigenvalue weighted by atomic mass is 10.1. The Kier molecular flexibility index (Phi) is 4.50. The Labute approximate surface area is 173 Å². The maximum absolute atomic E-state index is 12.9. The van der Waals surface area contributed by atoms with Crippen molar-refractivity contribution in [2.45, 2.75) is 31.5 Å². The molecule has 5 rings (SSSR count). The average molecular weight is 403 g/mol. The highest BCUT2D eigenvalue weighted by Gasteiger charge is 2.46. The number of nitrogens with zero attached hydrogens (tertiary/aromatic N) is 1. The minimum Gasteiger partial charge on any atom is -0.433 e. The fraction of sp³-hybridized carbons (Fsp3) is 0.261. The summed E-state index contributed by atoms with van der Waals surface area (Å²) in [5.74, 6) is -0.865. The number of carbonyl (C=O) groups is 3. The molecule has 2 aromatic carbocycles. The van der Waals surface area contributed by atoms with E-state index in [1.165, 1.54) is 4.90 Å². The van der Waals surface area contributed by atoms with E-state index in [-0.39, 0.29) is 18.2 Å². The van der Waals surface area contributed by atoms with E-state index in [0.29, 0.717) is 30.5 Å². The minimum atomic E-state index is -0.840. The molecule has 30 heavy (non-hydrogen) atoms. The number of carbonyl (C=O) groups excluding carboxylic acids is 3. The van der Waals surface area contributed by atoms with Crippen LogP contribution in [-0.4, -0.2) is 40.3 Å². The molecular formula is C23H21N3O4. The number of hydrogen-bond donors (Lipinski definition) is 2. The molecule has 0 radical (unpaired) electrons. The Morgan fingerprint density at radius 3 is 2.83 bits per heavy atom. The second-order valence-corrected chi connectivity index (χ2v) is 7.60. The van der Waals surface area contributed by atoms with Gasteiger partial charge in [0.15, 0.2) is 0 Å². The number of amides is 2. The van der Waals surface area contributed by atoms with E-state index in [1.807, 2.05) is 30.5 Å². The van der Waals surface area contributed by atoms with E-state index >= 15 is 0 Å². The van der Waals surface area contributed by atoms with Crippen LogP contribution in [0.15, 0.2) is 54.7 Å². The Bertz CT molecular complexity index is 1150. The van der Waals surface area contributed by atoms with E-state index in [1.54, 1.807) is 24.3 Å². The molecule has 2 amide bonds. The molecule has 2 aliphatic heterocycles. The second-order valence-electron chi connectivity index (χ2n) is 7.60. The van der Waals surface area contributed by atoms with Crippen molar-refractivity contribution in [1.82, 2.24) is 15.2 Å². The van der Waals surface area contributed by atoms with E-state index in [0.717, 1.165) is 16.5 Å². The lowest BCUT2D eigenvalue weighted by Gasteiger charge is -2.29. The van der Waals surface area contributed by atoms with Gasteiger partial charge in [0.25, 0.3) is 0 Å². The van der Waals surface area contributed by atoms with Crippen LogP contribution in [0.3, 0.4) is 0 Å². The second kappa shape index (κ2) is 7.33. The van der Waals surface area contributed by atoms with Crippen molar-refractivity contribution in [3.8, 4) is 0 Å². The molecule has 0 bridgehead atoms. The molecule has 1 unspecified atom stereocenters. The third-order valence-corrected chi connectivity index (χ3v) is 5.84. The lowest BCUT2D eigenvalue weighted by molar-refractivity contribution is -0.145. The van der Waals surface area contributed by atoms with Crippen molar-refractivity contribution in [2.75, 3.05) is 6.54 Å². The highest BCUT2D eigenvalue weighted by atomic mass is 16.6. The standard InChI is InChI=1S/C23H21N3O4/c27-20-10-9-19(26(20)22-16-6-1-2-7-17(16)23(29)30-22)21(28)24-12-11-14-13-25-18-8-4-3-5-15(14)18/h1-8,13,19,22,25H,9-12H2,(H,24,28)/t19-,22?/m0/s1. The summed E-state index contributed by atoms with van der Waals surface area (Å²) in [7, 11) is 0. The number of benzene rings is 2. The SMILES string of the molecule is O=C1OC(N2C(=O)CC[C@H]2C(=O)NCCc2c[nH]c3ccccc23)c2ccccc21. The largest absolute Gasteiger partial charge is 0.433 e. The van der Waals surface area contributed by atoms with E-state index < -0.39 is 18.2 Å². The summed E-state index contributed by atoms with van der Waals surface area (Å²) in [6.45, 7) is 0.459. The lowest BCUT2D eigenvalue weighted by Crippen LogP contribution is -2.46. The van der Waals surface area contributed by atoms with Gasteiger partial charge in [0.2, 0.25) is 18.0 Å². The molecule has 152 valence electrons. The first kappa shape index (κ1) is 18.4. The molecule has 2 N–H and O–H groups in total. The van der Waals surface area contributed by atoms with Crippen LogP contribution in [0.1, 0.15) is 40.6 Å². The van der Waals surface area contributed by atoms with Crippen LogP contribution in [0, 0.1) is 0 Å². The molecule has 1 saturated heterocycles. The predicted octanol–water partition coefficient (Wildman–Crippen LogP) is 2.69. The number of H-pyrrole nitrogens is 1. The Morgan fingerprint density at radius 1 is 1.13 bits per heavy atom. The fourth-order valence-electron chi connectivity index (χ4n) is 4.36. The molecule has 3 heterocycles. The number of esters is 1. The number of nitrogens with one attached hydrogen (secondary N) is 2. The Balaban J connectivity index is 1.28. The number of fused-ring (bicyclic) bond motifs is 2. The number of hydrogen-bond acceptors (Lipinski definition) is 4. The monoisotopic (exact) mass is 403 g/mol. The van der Waals surface area contributed by atoms with Crippen LogP contribution in [0.25, 0.3) is 10.9 Å². The number of cyclic esters (lactones) is 1. The summed E-state index contributed by atoms with van der Waals surface area (Å²) < 4.78 is 5.46. The van der Waals surface area contributed by atoms with Crippen molar-refractivity contribution in [3.05, 3.63) is 71.4 Å². The zero-order valence-corrected chi connectivity index (χ0v) is 16.3. The number of ether oxygens (including phenoxy) is 1. The number of aromatic amines is 1. The van der Waals surface area contributed by atoms with Gasteiger partial charge in [0.05, 0.1) is 5.56 Å². The molecule has 0 saturated carbocycles. The predicted molar refractivity (Wildman–Crippen MR) is 109 cm³/mol. The van der Waals surface area contributed by atoms with Gasteiger partial charge in [-0.2, -0.15) is 0 Å². The highest BCUT2D eigenvalue weighted by Crippen LogP contribution is 2.38. The molecule has 1 aromatic heterocycles. The Hall–Kier alpha value is -3.61. The van der Waals surface area contributed by atoms with Gasteiger partial charge in [-0.25, -0.2) is 4.79 Å². The quantitative estimate of drug-likeness (QED) is 0.641. The summed E-state index contributed by atoms with van der Waals surface area (Å²) in [6, 6.07) is 14.4. The maximum atomic E-state index is 12.9. The number of para-hydroxylation sites is 1. The van der Waals surface area contributed by atoms with Gasteiger partial charge in [-0.1, -0.05) is 36.4 Å². The molecule has 7 heteroatoms. The molecule has 3 aromatic rings. The summed E-state index contributed by atoms with van der Waals surface area (Å²) in [6.07, 6.45) is 2.47. The van der Waals surface area contributed by atoms with Crippen LogP contribution < -0.4 is 5.32 Å². The molecule has 2 aliphatic rings. The molecule has 2 atom stereocenters. The summed E-state index contributed by atoms with van der Waals surface area (Å²) in [5.41, 5.74) is 3.27. The van der Waals surface area contributed by atoms with Gasteiger partial charge in [0.1, 0.15) is 6.04 Å². The molecule has 1 fully saturated rings. The average Bonchev–Trinajstić information content (AvgIpc) is 3.44. The first-order chi connectivity index (χ1) is 14.6. The fourth-order valence-corrected chi connectivity index (χ4v) is 4.36. The van der Waals surface area contributed by atoms with Crippen LogP contribution in [0.2, 0.25) is 0 Å². The van der Waals surface area contributed by atoms with E-state index in [4.69, 9.17) is 4.74 Å². The Morgan fingerprint density at radius 2 is 1.93 bits per heavy atom. The molecule has 0 spiro atoms. The van der Waals surface area contributed by atoms with E-state index in [2.05, 4.69) is 10.3 Å². The normalized spacial score (nSPS) is 20.5. The first-order valence-electron chi connectivity index (χ1n) is 10.1. The molecule has 0 aliphatic carbocycles. The third kappa shape index (κ3) is 3.03. The van der Waals surface area contributed by atoms with Crippen LogP contribution in [-0.2, 0) is 20.7 Å². The topological polar surface area (TPSA) is 91.5 Å². The smallest absolute Gasteiger partial charge is 0.340 e. The minimum absolute atomic E-state index is 0.179. The van der Waals surface area contributed by atoms with Crippen molar-refractivity contribution in [2.24, 2.45) is 0 Å². The molecular weight excluding hydrogens is 382 g/mol. The van der Waals surface area contributed by atoms with Gasteiger partial charge in [-0.15, -0.1) is 0 Å². The first-order valence-corrected chi connectivity index (χ1v) is 10.1. The number of aromatic nitrogens is 1.